The first-order chi connectivity index (χ1) is 8.19. The van der Waals surface area contributed by atoms with Crippen molar-refractivity contribution in [1.29, 1.82) is 0 Å². The number of amides is 1. The molecule has 0 saturated carbocycles. The van der Waals surface area contributed by atoms with Crippen molar-refractivity contribution >= 4 is 23.6 Å². The second-order valence-corrected chi connectivity index (χ2v) is 4.06. The van der Waals surface area contributed by atoms with Crippen molar-refractivity contribution < 1.29 is 4.79 Å². The molecule has 1 heterocycles. The fourth-order valence-electron chi connectivity index (χ4n) is 1.07. The molecular weight excluding hydrogens is 238 g/mol. The van der Waals surface area contributed by atoms with Crippen LogP contribution < -0.4 is 11.1 Å². The Morgan fingerprint density at radius 2 is 2.24 bits per heavy atom. The molecule has 0 saturated heterocycles. The zero-order chi connectivity index (χ0) is 12.7. The van der Waals surface area contributed by atoms with Crippen LogP contribution in [0.4, 0.5) is 5.95 Å². The number of nitrogen functional groups attached to an aromatic ring is 1. The maximum atomic E-state index is 11.4. The van der Waals surface area contributed by atoms with Gasteiger partial charge in [0.2, 0.25) is 11.9 Å². The molecule has 0 aliphatic heterocycles. The monoisotopic (exact) mass is 253 g/mol. The zero-order valence-corrected chi connectivity index (χ0v) is 10.2. The highest BCUT2D eigenvalue weighted by atomic mass is 32.2. The third-order valence-corrected chi connectivity index (χ3v) is 2.80. The molecule has 0 atom stereocenters. The van der Waals surface area contributed by atoms with Gasteiger partial charge in [-0.05, 0) is 0 Å². The van der Waals surface area contributed by atoms with Gasteiger partial charge in [0.1, 0.15) is 0 Å². The molecule has 1 aromatic rings. The average molecular weight is 253 g/mol. The SMILES string of the molecule is C=CCNC(=O)CSc1nnc(N)n1CC=C. The van der Waals surface area contributed by atoms with E-state index in [0.29, 0.717) is 24.2 Å². The summed E-state index contributed by atoms with van der Waals surface area (Å²) in [6.45, 7) is 8.12. The number of aromatic nitrogens is 3. The molecule has 17 heavy (non-hydrogen) atoms. The molecule has 6 nitrogen and oxygen atoms in total. The summed E-state index contributed by atoms with van der Waals surface area (Å²) in [6.07, 6.45) is 3.32. The maximum absolute atomic E-state index is 11.4. The number of nitrogens with one attached hydrogen (secondary N) is 1. The molecule has 0 aromatic carbocycles. The van der Waals surface area contributed by atoms with Crippen LogP contribution in [-0.2, 0) is 11.3 Å². The summed E-state index contributed by atoms with van der Waals surface area (Å²) in [7, 11) is 0. The van der Waals surface area contributed by atoms with Crippen LogP contribution >= 0.6 is 11.8 Å². The molecule has 0 bridgehead atoms. The van der Waals surface area contributed by atoms with Gasteiger partial charge in [0, 0.05) is 13.1 Å². The number of hydrogen-bond donors (Lipinski definition) is 2. The van der Waals surface area contributed by atoms with Gasteiger partial charge in [0.15, 0.2) is 5.16 Å². The molecule has 0 unspecified atom stereocenters. The minimum atomic E-state index is -0.0818. The molecule has 92 valence electrons. The van der Waals surface area contributed by atoms with E-state index in [0.717, 1.165) is 0 Å². The number of allylic oxidation sites excluding steroid dienone is 1. The minimum Gasteiger partial charge on any atom is -0.368 e. The summed E-state index contributed by atoms with van der Waals surface area (Å²) in [4.78, 5) is 11.4. The normalized spacial score (nSPS) is 9.88. The number of thioether (sulfide) groups is 1. The molecule has 0 spiro atoms. The van der Waals surface area contributed by atoms with E-state index in [-0.39, 0.29) is 11.7 Å². The quantitative estimate of drug-likeness (QED) is 0.544. The van der Waals surface area contributed by atoms with Gasteiger partial charge >= 0.3 is 0 Å². The van der Waals surface area contributed by atoms with Crippen molar-refractivity contribution in [1.82, 2.24) is 20.1 Å². The Bertz CT molecular complexity index is 415. The number of nitrogens with zero attached hydrogens (tertiary/aromatic N) is 3. The lowest BCUT2D eigenvalue weighted by atomic mass is 10.6. The lowest BCUT2D eigenvalue weighted by Crippen LogP contribution is -2.25. The van der Waals surface area contributed by atoms with E-state index >= 15 is 0 Å². The molecule has 1 rings (SSSR count). The number of rotatable bonds is 7. The Kier molecular flexibility index (Phi) is 5.28. The number of hydrogen-bond acceptors (Lipinski definition) is 5. The molecular formula is C10H15N5OS. The Hall–Kier alpha value is -1.76. The van der Waals surface area contributed by atoms with E-state index in [2.05, 4.69) is 28.7 Å². The van der Waals surface area contributed by atoms with Crippen molar-refractivity contribution in [2.24, 2.45) is 0 Å². The summed E-state index contributed by atoms with van der Waals surface area (Å²) < 4.78 is 1.69. The third kappa shape index (κ3) is 3.95. The number of anilines is 1. The first kappa shape index (κ1) is 13.3. The second kappa shape index (κ2) is 6.74. The van der Waals surface area contributed by atoms with E-state index in [1.807, 2.05) is 0 Å². The molecule has 7 heteroatoms. The van der Waals surface area contributed by atoms with Crippen LogP contribution in [0.25, 0.3) is 0 Å². The van der Waals surface area contributed by atoms with Crippen molar-refractivity contribution in [3.63, 3.8) is 0 Å². The van der Waals surface area contributed by atoms with Crippen molar-refractivity contribution in [2.45, 2.75) is 11.7 Å². The van der Waals surface area contributed by atoms with E-state index in [4.69, 9.17) is 5.73 Å². The van der Waals surface area contributed by atoms with Gasteiger partial charge < -0.3 is 11.1 Å². The molecule has 0 radical (unpaired) electrons. The third-order valence-electron chi connectivity index (χ3n) is 1.83. The molecule has 0 aliphatic carbocycles. The number of carbonyl (C=O) groups is 1. The zero-order valence-electron chi connectivity index (χ0n) is 9.43. The van der Waals surface area contributed by atoms with Crippen LogP contribution in [0.3, 0.4) is 0 Å². The van der Waals surface area contributed by atoms with Crippen molar-refractivity contribution in [2.75, 3.05) is 18.0 Å². The van der Waals surface area contributed by atoms with Crippen molar-refractivity contribution in [3.05, 3.63) is 25.3 Å². The summed E-state index contributed by atoms with van der Waals surface area (Å²) in [5.41, 5.74) is 5.63. The Morgan fingerprint density at radius 1 is 1.47 bits per heavy atom. The average Bonchev–Trinajstić information content (AvgIpc) is 2.66. The van der Waals surface area contributed by atoms with E-state index < -0.39 is 0 Å². The highest BCUT2D eigenvalue weighted by Crippen LogP contribution is 2.17. The first-order valence-electron chi connectivity index (χ1n) is 4.99. The van der Waals surface area contributed by atoms with Gasteiger partial charge in [-0.25, -0.2) is 0 Å². The number of carbonyl (C=O) groups excluding carboxylic acids is 1. The molecule has 0 fully saturated rings. The Labute approximate surface area is 104 Å². The van der Waals surface area contributed by atoms with Crippen LogP contribution in [0.15, 0.2) is 30.5 Å². The molecule has 0 aliphatic rings. The van der Waals surface area contributed by atoms with Crippen LogP contribution in [0.5, 0.6) is 0 Å². The fourth-order valence-corrected chi connectivity index (χ4v) is 1.86. The standard InChI is InChI=1S/C10H15N5OS/c1-3-5-12-8(16)7-17-10-14-13-9(11)15(10)6-4-2/h3-4H,1-2,5-7H2,(H2,11,13)(H,12,16). The van der Waals surface area contributed by atoms with Crippen LogP contribution in [0, 0.1) is 0 Å². The van der Waals surface area contributed by atoms with Crippen LogP contribution in [0.1, 0.15) is 0 Å². The summed E-state index contributed by atoms with van der Waals surface area (Å²) in [6, 6.07) is 0. The van der Waals surface area contributed by atoms with Crippen LogP contribution in [-0.4, -0.2) is 33.0 Å². The lowest BCUT2D eigenvalue weighted by molar-refractivity contribution is -0.118. The summed E-state index contributed by atoms with van der Waals surface area (Å²) in [5, 5.41) is 10.9. The predicted octanol–water partition coefficient (Wildman–Crippen LogP) is 0.441. The maximum Gasteiger partial charge on any atom is 0.230 e. The lowest BCUT2D eigenvalue weighted by Gasteiger charge is -2.04. The number of nitrogens with two attached hydrogens (primary N) is 1. The summed E-state index contributed by atoms with van der Waals surface area (Å²) in [5.74, 6) is 0.504. The fraction of sp³-hybridized carbons (Fsp3) is 0.300. The Balaban J connectivity index is 2.53. The topological polar surface area (TPSA) is 85.8 Å². The van der Waals surface area contributed by atoms with Gasteiger partial charge in [0.05, 0.1) is 5.75 Å². The predicted molar refractivity (Wildman–Crippen MR) is 68.6 cm³/mol. The van der Waals surface area contributed by atoms with Crippen molar-refractivity contribution in [3.8, 4) is 0 Å². The molecule has 3 N–H and O–H groups in total. The minimum absolute atomic E-state index is 0.0818. The molecule has 1 aromatic heterocycles. The smallest absolute Gasteiger partial charge is 0.230 e. The second-order valence-electron chi connectivity index (χ2n) is 3.12. The van der Waals surface area contributed by atoms with E-state index in [9.17, 15) is 4.79 Å². The van der Waals surface area contributed by atoms with Gasteiger partial charge in [0.25, 0.3) is 0 Å². The van der Waals surface area contributed by atoms with Gasteiger partial charge in [-0.2, -0.15) is 0 Å². The van der Waals surface area contributed by atoms with Gasteiger partial charge in [-0.3, -0.25) is 9.36 Å². The highest BCUT2D eigenvalue weighted by molar-refractivity contribution is 7.99. The first-order valence-corrected chi connectivity index (χ1v) is 5.97. The Morgan fingerprint density at radius 3 is 2.88 bits per heavy atom. The molecule has 1 amide bonds. The van der Waals surface area contributed by atoms with E-state index in [1.54, 1.807) is 16.7 Å². The highest BCUT2D eigenvalue weighted by Gasteiger charge is 2.10. The van der Waals surface area contributed by atoms with Gasteiger partial charge in [-0.1, -0.05) is 23.9 Å². The van der Waals surface area contributed by atoms with Gasteiger partial charge in [-0.15, -0.1) is 23.4 Å². The largest absolute Gasteiger partial charge is 0.368 e. The summed E-state index contributed by atoms with van der Waals surface area (Å²) >= 11 is 1.28. The van der Waals surface area contributed by atoms with E-state index in [1.165, 1.54) is 11.8 Å². The van der Waals surface area contributed by atoms with Crippen LogP contribution in [0.2, 0.25) is 0 Å².